The second-order valence-electron chi connectivity index (χ2n) is 6.28. The molecule has 0 bridgehead atoms. The average molecular weight is 447 g/mol. The molecule has 1 atom stereocenters. The first kappa shape index (κ1) is 21.9. The van der Waals surface area contributed by atoms with Crippen molar-refractivity contribution in [2.24, 2.45) is 0 Å². The van der Waals surface area contributed by atoms with Crippen molar-refractivity contribution < 1.29 is 23.8 Å². The number of carbonyl (C=O) groups excluding carboxylic acids is 2. The van der Waals surface area contributed by atoms with E-state index in [9.17, 15) is 9.59 Å². The quantitative estimate of drug-likeness (QED) is 0.397. The van der Waals surface area contributed by atoms with Crippen LogP contribution in [0.4, 0.5) is 0 Å². The molecule has 0 aliphatic rings. The summed E-state index contributed by atoms with van der Waals surface area (Å²) in [7, 11) is 3.11. The van der Waals surface area contributed by atoms with Crippen molar-refractivity contribution in [3.63, 3.8) is 0 Å². The SMILES string of the molecule is COc1ccc(CNC(=O)C(C)OC(=O)CSc2nc3ccccc3s2)cc1OC. The smallest absolute Gasteiger partial charge is 0.317 e. The van der Waals surface area contributed by atoms with E-state index < -0.39 is 12.1 Å². The van der Waals surface area contributed by atoms with Gasteiger partial charge < -0.3 is 19.5 Å². The topological polar surface area (TPSA) is 86.8 Å². The van der Waals surface area contributed by atoms with E-state index >= 15 is 0 Å². The predicted octanol–water partition coefficient (Wildman–Crippen LogP) is 3.65. The predicted molar refractivity (Wildman–Crippen MR) is 117 cm³/mol. The third-order valence-corrected chi connectivity index (χ3v) is 6.33. The summed E-state index contributed by atoms with van der Waals surface area (Å²) in [6, 6.07) is 13.2. The number of thiazole rings is 1. The van der Waals surface area contributed by atoms with Gasteiger partial charge in [-0.15, -0.1) is 11.3 Å². The Bertz CT molecular complexity index is 1000. The molecule has 1 heterocycles. The molecule has 158 valence electrons. The Hall–Kier alpha value is -2.78. The molecule has 0 fully saturated rings. The number of esters is 1. The number of aromatic nitrogens is 1. The first-order valence-corrected chi connectivity index (χ1v) is 11.0. The minimum Gasteiger partial charge on any atom is -0.493 e. The maximum atomic E-state index is 12.3. The van der Waals surface area contributed by atoms with Crippen LogP contribution in [0, 0.1) is 0 Å². The molecule has 9 heteroatoms. The number of ether oxygens (including phenoxy) is 3. The minimum absolute atomic E-state index is 0.0904. The van der Waals surface area contributed by atoms with Crippen LogP contribution in [0.3, 0.4) is 0 Å². The van der Waals surface area contributed by atoms with Gasteiger partial charge >= 0.3 is 5.97 Å². The van der Waals surface area contributed by atoms with Gasteiger partial charge in [0, 0.05) is 6.54 Å². The van der Waals surface area contributed by atoms with Gasteiger partial charge in [0.05, 0.1) is 30.2 Å². The first-order chi connectivity index (χ1) is 14.5. The van der Waals surface area contributed by atoms with Crippen LogP contribution >= 0.6 is 23.1 Å². The lowest BCUT2D eigenvalue weighted by Gasteiger charge is -2.14. The molecule has 1 unspecified atom stereocenters. The highest BCUT2D eigenvalue weighted by atomic mass is 32.2. The Morgan fingerprint density at radius 1 is 1.13 bits per heavy atom. The van der Waals surface area contributed by atoms with E-state index in [1.54, 1.807) is 33.3 Å². The summed E-state index contributed by atoms with van der Waals surface area (Å²) in [6.45, 7) is 1.83. The molecule has 0 radical (unpaired) electrons. The van der Waals surface area contributed by atoms with Gasteiger partial charge in [-0.25, -0.2) is 4.98 Å². The Kier molecular flexibility index (Phi) is 7.53. The zero-order valence-corrected chi connectivity index (χ0v) is 18.5. The van der Waals surface area contributed by atoms with Crippen LogP contribution in [-0.4, -0.2) is 42.9 Å². The van der Waals surface area contributed by atoms with Gasteiger partial charge in [-0.2, -0.15) is 0 Å². The van der Waals surface area contributed by atoms with Crippen molar-refractivity contribution >= 4 is 45.2 Å². The van der Waals surface area contributed by atoms with Crippen molar-refractivity contribution in [2.45, 2.75) is 23.9 Å². The Labute approximate surface area is 182 Å². The number of benzene rings is 2. The first-order valence-electron chi connectivity index (χ1n) is 9.16. The summed E-state index contributed by atoms with van der Waals surface area (Å²) >= 11 is 2.82. The normalized spacial score (nSPS) is 11.7. The molecule has 1 N–H and O–H groups in total. The molecule has 1 aromatic heterocycles. The van der Waals surface area contributed by atoms with Gasteiger partial charge in [0.2, 0.25) is 0 Å². The highest BCUT2D eigenvalue weighted by molar-refractivity contribution is 8.01. The number of nitrogens with zero attached hydrogens (tertiary/aromatic N) is 1. The van der Waals surface area contributed by atoms with Gasteiger partial charge in [0.1, 0.15) is 0 Å². The van der Waals surface area contributed by atoms with E-state index in [-0.39, 0.29) is 18.2 Å². The second-order valence-corrected chi connectivity index (χ2v) is 8.53. The minimum atomic E-state index is -0.895. The van der Waals surface area contributed by atoms with Gasteiger partial charge in [-0.1, -0.05) is 30.0 Å². The van der Waals surface area contributed by atoms with Crippen molar-refractivity contribution in [3.8, 4) is 11.5 Å². The molecular weight excluding hydrogens is 424 g/mol. The highest BCUT2D eigenvalue weighted by Crippen LogP contribution is 2.29. The van der Waals surface area contributed by atoms with Crippen LogP contribution in [0.1, 0.15) is 12.5 Å². The molecule has 30 heavy (non-hydrogen) atoms. The molecular formula is C21H22N2O5S2. The van der Waals surface area contributed by atoms with Crippen molar-refractivity contribution in [3.05, 3.63) is 48.0 Å². The van der Waals surface area contributed by atoms with Gasteiger partial charge in [-0.05, 0) is 36.8 Å². The molecule has 0 saturated carbocycles. The van der Waals surface area contributed by atoms with Crippen LogP contribution < -0.4 is 14.8 Å². The summed E-state index contributed by atoms with van der Waals surface area (Å²) in [4.78, 5) is 28.8. The number of methoxy groups -OCH3 is 2. The largest absolute Gasteiger partial charge is 0.493 e. The fraction of sp³-hybridized carbons (Fsp3) is 0.286. The van der Waals surface area contributed by atoms with E-state index in [0.29, 0.717) is 11.5 Å². The van der Waals surface area contributed by atoms with Crippen LogP contribution in [0.2, 0.25) is 0 Å². The van der Waals surface area contributed by atoms with Gasteiger partial charge in [0.15, 0.2) is 21.9 Å². The van der Waals surface area contributed by atoms with Crippen LogP contribution in [0.25, 0.3) is 10.2 Å². The standard InChI is InChI=1S/C21H22N2O5S2/c1-13(20(25)22-11-14-8-9-16(26-2)17(10-14)27-3)28-19(24)12-29-21-23-15-6-4-5-7-18(15)30-21/h4-10,13H,11-12H2,1-3H3,(H,22,25). The number of hydrogen-bond acceptors (Lipinski definition) is 8. The highest BCUT2D eigenvalue weighted by Gasteiger charge is 2.18. The number of para-hydroxylation sites is 1. The molecule has 1 amide bonds. The lowest BCUT2D eigenvalue weighted by Crippen LogP contribution is -2.35. The third-order valence-electron chi connectivity index (χ3n) is 4.18. The van der Waals surface area contributed by atoms with E-state index in [0.717, 1.165) is 20.1 Å². The molecule has 0 aliphatic heterocycles. The number of fused-ring (bicyclic) bond motifs is 1. The van der Waals surface area contributed by atoms with Crippen LogP contribution in [0.5, 0.6) is 11.5 Å². The molecule has 2 aromatic carbocycles. The Balaban J connectivity index is 1.45. The lowest BCUT2D eigenvalue weighted by atomic mass is 10.2. The molecule has 7 nitrogen and oxygen atoms in total. The number of nitrogens with one attached hydrogen (secondary N) is 1. The fourth-order valence-corrected chi connectivity index (χ4v) is 4.49. The Morgan fingerprint density at radius 2 is 1.90 bits per heavy atom. The second kappa shape index (κ2) is 10.3. The monoisotopic (exact) mass is 446 g/mol. The molecule has 3 aromatic rings. The summed E-state index contributed by atoms with van der Waals surface area (Å²) in [5, 5.41) is 2.75. The van der Waals surface area contributed by atoms with E-state index in [4.69, 9.17) is 14.2 Å². The Morgan fingerprint density at radius 3 is 2.63 bits per heavy atom. The van der Waals surface area contributed by atoms with Crippen molar-refractivity contribution in [1.29, 1.82) is 0 Å². The van der Waals surface area contributed by atoms with Crippen molar-refractivity contribution in [2.75, 3.05) is 20.0 Å². The van der Waals surface area contributed by atoms with Crippen LogP contribution in [0.15, 0.2) is 46.8 Å². The van der Waals surface area contributed by atoms with E-state index in [2.05, 4.69) is 10.3 Å². The molecule has 0 aliphatic carbocycles. The maximum Gasteiger partial charge on any atom is 0.317 e. The summed E-state index contributed by atoms with van der Waals surface area (Å²) < 4.78 is 17.5. The summed E-state index contributed by atoms with van der Waals surface area (Å²) in [5.74, 6) is 0.444. The number of carbonyl (C=O) groups is 2. The summed E-state index contributed by atoms with van der Waals surface area (Å²) in [5.41, 5.74) is 1.74. The van der Waals surface area contributed by atoms with E-state index in [1.807, 2.05) is 30.3 Å². The van der Waals surface area contributed by atoms with Crippen LogP contribution in [-0.2, 0) is 20.9 Å². The van der Waals surface area contributed by atoms with Gasteiger partial charge in [0.25, 0.3) is 5.91 Å². The lowest BCUT2D eigenvalue weighted by molar-refractivity contribution is -0.152. The molecule has 0 saturated heterocycles. The van der Waals surface area contributed by atoms with E-state index in [1.165, 1.54) is 23.1 Å². The fourth-order valence-electron chi connectivity index (χ4n) is 2.64. The third kappa shape index (κ3) is 5.64. The average Bonchev–Trinajstić information content (AvgIpc) is 3.18. The number of thioether (sulfide) groups is 1. The number of hydrogen-bond donors (Lipinski definition) is 1. The number of rotatable bonds is 9. The summed E-state index contributed by atoms with van der Waals surface area (Å²) in [6.07, 6.45) is -0.895. The number of amides is 1. The molecule has 3 rings (SSSR count). The molecule has 0 spiro atoms. The zero-order valence-electron chi connectivity index (χ0n) is 16.8. The zero-order chi connectivity index (χ0) is 21.5. The van der Waals surface area contributed by atoms with Crippen molar-refractivity contribution in [1.82, 2.24) is 10.3 Å². The van der Waals surface area contributed by atoms with Gasteiger partial charge in [-0.3, -0.25) is 9.59 Å². The maximum absolute atomic E-state index is 12.3.